The molecule has 6 nitrogen and oxygen atoms in total. The molecule has 0 aliphatic carbocycles. The van der Waals surface area contributed by atoms with Gasteiger partial charge in [0.25, 0.3) is 0 Å². The Morgan fingerprint density at radius 1 is 1.27 bits per heavy atom. The van der Waals surface area contributed by atoms with Gasteiger partial charge >= 0.3 is 0 Å². The molecular weight excluding hydrogens is 372 g/mol. The van der Waals surface area contributed by atoms with E-state index in [0.717, 1.165) is 17.0 Å². The minimum Gasteiger partial charge on any atom is -0.497 e. The van der Waals surface area contributed by atoms with E-state index >= 15 is 0 Å². The number of halogens is 1. The number of carbonyl (C=O) groups is 1. The number of rotatable bonds is 6. The van der Waals surface area contributed by atoms with E-state index in [0.29, 0.717) is 15.9 Å². The molecule has 26 heavy (non-hydrogen) atoms. The predicted octanol–water partition coefficient (Wildman–Crippen LogP) is 3.97. The van der Waals surface area contributed by atoms with Crippen LogP contribution >= 0.6 is 23.4 Å². The number of ether oxygens (including phenoxy) is 1. The highest BCUT2D eigenvalue weighted by molar-refractivity contribution is 7.99. The molecule has 0 atom stereocenters. The fourth-order valence-corrected chi connectivity index (χ4v) is 3.19. The summed E-state index contributed by atoms with van der Waals surface area (Å²) in [4.78, 5) is 12.3. The van der Waals surface area contributed by atoms with Crippen molar-refractivity contribution in [3.63, 3.8) is 0 Å². The molecule has 1 heterocycles. The number of carbonyl (C=O) groups excluding carboxylic acids is 1. The summed E-state index contributed by atoms with van der Waals surface area (Å²) in [6.45, 7) is 1.92. The topological polar surface area (TPSA) is 69.0 Å². The number of hydrogen-bond donors (Lipinski definition) is 1. The van der Waals surface area contributed by atoms with Crippen LogP contribution < -0.4 is 10.1 Å². The molecule has 1 amide bonds. The van der Waals surface area contributed by atoms with Gasteiger partial charge in [-0.05, 0) is 48.9 Å². The van der Waals surface area contributed by atoms with E-state index in [1.54, 1.807) is 25.6 Å². The van der Waals surface area contributed by atoms with Crippen molar-refractivity contribution in [2.75, 3.05) is 18.2 Å². The molecule has 1 aromatic heterocycles. The van der Waals surface area contributed by atoms with Crippen molar-refractivity contribution >= 4 is 35.0 Å². The van der Waals surface area contributed by atoms with Crippen LogP contribution in [-0.4, -0.2) is 33.5 Å². The molecular formula is C18H17ClN4O2S. The molecule has 2 aromatic carbocycles. The van der Waals surface area contributed by atoms with E-state index in [1.807, 2.05) is 41.8 Å². The number of hydrogen-bond acceptors (Lipinski definition) is 5. The van der Waals surface area contributed by atoms with Gasteiger partial charge in [0.05, 0.1) is 12.9 Å². The Morgan fingerprint density at radius 3 is 2.77 bits per heavy atom. The number of methoxy groups -OCH3 is 1. The largest absolute Gasteiger partial charge is 0.497 e. The van der Waals surface area contributed by atoms with Crippen LogP contribution in [-0.2, 0) is 4.79 Å². The van der Waals surface area contributed by atoms with Crippen molar-refractivity contribution in [2.24, 2.45) is 0 Å². The first-order chi connectivity index (χ1) is 12.6. The third kappa shape index (κ3) is 4.36. The number of amides is 1. The zero-order valence-corrected chi connectivity index (χ0v) is 15.8. The Balaban J connectivity index is 1.66. The second-order valence-corrected chi connectivity index (χ2v) is 6.86. The molecule has 0 saturated carbocycles. The third-order valence-corrected chi connectivity index (χ3v) is 4.85. The summed E-state index contributed by atoms with van der Waals surface area (Å²) in [5.74, 6) is 0.845. The van der Waals surface area contributed by atoms with Crippen molar-refractivity contribution in [3.05, 3.63) is 59.4 Å². The third-order valence-electron chi connectivity index (χ3n) is 3.67. The molecule has 0 saturated heterocycles. The highest BCUT2D eigenvalue weighted by atomic mass is 35.5. The zero-order chi connectivity index (χ0) is 18.5. The van der Waals surface area contributed by atoms with Gasteiger partial charge in [-0.25, -0.2) is 0 Å². The Morgan fingerprint density at radius 2 is 2.04 bits per heavy atom. The summed E-state index contributed by atoms with van der Waals surface area (Å²) >= 11 is 7.29. The maximum atomic E-state index is 12.3. The molecule has 134 valence electrons. The highest BCUT2D eigenvalue weighted by Crippen LogP contribution is 2.23. The number of thioether (sulfide) groups is 1. The number of aryl methyl sites for hydroxylation is 1. The van der Waals surface area contributed by atoms with Crippen LogP contribution in [0.15, 0.2) is 53.9 Å². The maximum absolute atomic E-state index is 12.3. The van der Waals surface area contributed by atoms with Crippen LogP contribution in [0.5, 0.6) is 5.75 Å². The Hall–Kier alpha value is -2.51. The summed E-state index contributed by atoms with van der Waals surface area (Å²) < 4.78 is 6.98. The number of nitrogens with zero attached hydrogens (tertiary/aromatic N) is 3. The standard InChI is InChI=1S/C18H17ClN4O2S/c1-12-3-4-13(19)9-16(12)21-17(24)10-26-18-22-20-11-23(18)14-5-7-15(25-2)8-6-14/h3-9,11H,10H2,1-2H3,(H,21,24). The van der Waals surface area contributed by atoms with Gasteiger partial charge in [-0.1, -0.05) is 29.4 Å². The highest BCUT2D eigenvalue weighted by Gasteiger charge is 2.11. The molecule has 1 N–H and O–H groups in total. The van der Waals surface area contributed by atoms with Crippen LogP contribution in [0.1, 0.15) is 5.56 Å². The fourth-order valence-electron chi connectivity index (χ4n) is 2.29. The first-order valence-electron chi connectivity index (χ1n) is 7.80. The average molecular weight is 389 g/mol. The minimum absolute atomic E-state index is 0.135. The molecule has 0 aliphatic heterocycles. The number of anilines is 1. The summed E-state index contributed by atoms with van der Waals surface area (Å²) in [6.07, 6.45) is 1.61. The van der Waals surface area contributed by atoms with Gasteiger partial charge in [0, 0.05) is 16.4 Å². The lowest BCUT2D eigenvalue weighted by atomic mass is 10.2. The Bertz CT molecular complexity index is 912. The van der Waals surface area contributed by atoms with E-state index in [1.165, 1.54) is 11.8 Å². The molecule has 0 aliphatic rings. The van der Waals surface area contributed by atoms with Crippen LogP contribution in [0.3, 0.4) is 0 Å². The van der Waals surface area contributed by atoms with E-state index in [2.05, 4.69) is 15.5 Å². The predicted molar refractivity (Wildman–Crippen MR) is 103 cm³/mol. The van der Waals surface area contributed by atoms with Crippen molar-refractivity contribution in [3.8, 4) is 11.4 Å². The molecule has 0 bridgehead atoms. The fraction of sp³-hybridized carbons (Fsp3) is 0.167. The number of aromatic nitrogens is 3. The molecule has 0 fully saturated rings. The van der Waals surface area contributed by atoms with Gasteiger partial charge in [-0.3, -0.25) is 9.36 Å². The van der Waals surface area contributed by atoms with Gasteiger partial charge < -0.3 is 10.1 Å². The van der Waals surface area contributed by atoms with Crippen LogP contribution in [0.2, 0.25) is 5.02 Å². The quantitative estimate of drug-likeness (QED) is 0.647. The SMILES string of the molecule is COc1ccc(-n2cnnc2SCC(=O)Nc2cc(Cl)ccc2C)cc1. The van der Waals surface area contributed by atoms with Gasteiger partial charge in [0.2, 0.25) is 5.91 Å². The lowest BCUT2D eigenvalue weighted by molar-refractivity contribution is -0.113. The second-order valence-electron chi connectivity index (χ2n) is 5.48. The van der Waals surface area contributed by atoms with Crippen molar-refractivity contribution in [2.45, 2.75) is 12.1 Å². The molecule has 0 radical (unpaired) electrons. The zero-order valence-electron chi connectivity index (χ0n) is 14.3. The number of nitrogens with one attached hydrogen (secondary N) is 1. The van der Waals surface area contributed by atoms with Crippen molar-refractivity contribution in [1.29, 1.82) is 0 Å². The van der Waals surface area contributed by atoms with E-state index in [-0.39, 0.29) is 11.7 Å². The van der Waals surface area contributed by atoms with E-state index in [9.17, 15) is 4.79 Å². The monoisotopic (exact) mass is 388 g/mol. The van der Waals surface area contributed by atoms with Gasteiger partial charge in [-0.15, -0.1) is 10.2 Å². The van der Waals surface area contributed by atoms with Crippen LogP contribution in [0.25, 0.3) is 5.69 Å². The summed E-state index contributed by atoms with van der Waals surface area (Å²) in [7, 11) is 1.62. The summed E-state index contributed by atoms with van der Waals surface area (Å²) in [5, 5.41) is 12.1. The molecule has 8 heteroatoms. The second kappa shape index (κ2) is 8.25. The lowest BCUT2D eigenvalue weighted by Crippen LogP contribution is -2.15. The van der Waals surface area contributed by atoms with Crippen LogP contribution in [0, 0.1) is 6.92 Å². The summed E-state index contributed by atoms with van der Waals surface area (Å²) in [6, 6.07) is 12.9. The molecule has 0 spiro atoms. The van der Waals surface area contributed by atoms with Gasteiger partial charge in [-0.2, -0.15) is 0 Å². The van der Waals surface area contributed by atoms with Crippen molar-refractivity contribution < 1.29 is 9.53 Å². The first kappa shape index (κ1) is 18.3. The lowest BCUT2D eigenvalue weighted by Gasteiger charge is -2.09. The average Bonchev–Trinajstić information content (AvgIpc) is 3.12. The Kier molecular flexibility index (Phi) is 5.80. The maximum Gasteiger partial charge on any atom is 0.234 e. The summed E-state index contributed by atoms with van der Waals surface area (Å²) in [5.41, 5.74) is 2.55. The molecule has 3 rings (SSSR count). The van der Waals surface area contributed by atoms with Gasteiger partial charge in [0.15, 0.2) is 5.16 Å². The number of benzene rings is 2. The smallest absolute Gasteiger partial charge is 0.234 e. The minimum atomic E-state index is -0.135. The first-order valence-corrected chi connectivity index (χ1v) is 9.16. The van der Waals surface area contributed by atoms with E-state index in [4.69, 9.17) is 16.3 Å². The Labute approximate surface area is 160 Å². The van der Waals surface area contributed by atoms with Crippen molar-refractivity contribution in [1.82, 2.24) is 14.8 Å². The molecule has 3 aromatic rings. The molecule has 0 unspecified atom stereocenters. The van der Waals surface area contributed by atoms with Crippen LogP contribution in [0.4, 0.5) is 5.69 Å². The van der Waals surface area contributed by atoms with E-state index < -0.39 is 0 Å². The van der Waals surface area contributed by atoms with Gasteiger partial charge in [0.1, 0.15) is 12.1 Å². The normalized spacial score (nSPS) is 10.6.